The predicted molar refractivity (Wildman–Crippen MR) is 76.9 cm³/mol. The second-order valence-electron chi connectivity index (χ2n) is 4.96. The third-order valence-corrected chi connectivity index (χ3v) is 6.52. The Morgan fingerprint density at radius 2 is 1.95 bits per heavy atom. The second-order valence-corrected chi connectivity index (χ2v) is 8.22. The fourth-order valence-corrected chi connectivity index (χ4v) is 5.14. The molecule has 0 aliphatic rings. The van der Waals surface area contributed by atoms with Crippen molar-refractivity contribution in [1.29, 1.82) is 0 Å². The molecule has 0 unspecified atom stereocenters. The smallest absolute Gasteiger partial charge is 0.315 e. The first-order valence-electron chi connectivity index (χ1n) is 6.31. The van der Waals surface area contributed by atoms with E-state index in [-0.39, 0.29) is 4.21 Å². The molecule has 1 aromatic rings. The summed E-state index contributed by atoms with van der Waals surface area (Å²) >= 11 is 1.00. The lowest BCUT2D eigenvalue weighted by molar-refractivity contribution is -0.138. The van der Waals surface area contributed by atoms with Crippen molar-refractivity contribution in [2.45, 2.75) is 43.7 Å². The summed E-state index contributed by atoms with van der Waals surface area (Å²) in [5, 5.41) is 2.90. The Balaban J connectivity index is 3.20. The molecule has 0 amide bonds. The van der Waals surface area contributed by atoms with Crippen molar-refractivity contribution in [3.05, 3.63) is 16.5 Å². The highest BCUT2D eigenvalue weighted by atomic mass is 32.2. The van der Waals surface area contributed by atoms with Crippen molar-refractivity contribution in [2.24, 2.45) is 0 Å². The van der Waals surface area contributed by atoms with Crippen LogP contribution in [-0.2, 0) is 16.6 Å². The monoisotopic (exact) mass is 344 g/mol. The van der Waals surface area contributed by atoms with E-state index < -0.39 is 28.8 Å². The molecular weight excluding hydrogens is 325 g/mol. The number of alkyl halides is 3. The van der Waals surface area contributed by atoms with Crippen LogP contribution in [0.15, 0.2) is 10.3 Å². The van der Waals surface area contributed by atoms with Crippen LogP contribution in [0.1, 0.15) is 24.3 Å². The average molecular weight is 344 g/mol. The van der Waals surface area contributed by atoms with E-state index in [1.807, 2.05) is 0 Å². The van der Waals surface area contributed by atoms with Crippen molar-refractivity contribution in [3.8, 4) is 0 Å². The van der Waals surface area contributed by atoms with Gasteiger partial charge in [0.15, 0.2) is 0 Å². The molecule has 122 valence electrons. The van der Waals surface area contributed by atoms with Crippen LogP contribution in [0.4, 0.5) is 13.2 Å². The number of aryl methyl sites for hydroxylation is 1. The van der Waals surface area contributed by atoms with Crippen LogP contribution in [0.25, 0.3) is 0 Å². The molecule has 21 heavy (non-hydrogen) atoms. The van der Waals surface area contributed by atoms with Gasteiger partial charge in [-0.15, -0.1) is 11.3 Å². The first-order valence-corrected chi connectivity index (χ1v) is 8.57. The number of halogens is 3. The Morgan fingerprint density at radius 3 is 2.38 bits per heavy atom. The Kier molecular flexibility index (Phi) is 5.82. The van der Waals surface area contributed by atoms with Gasteiger partial charge in [-0.05, 0) is 39.4 Å². The van der Waals surface area contributed by atoms with E-state index in [4.69, 9.17) is 0 Å². The minimum atomic E-state index is -4.57. The zero-order valence-electron chi connectivity index (χ0n) is 12.3. The van der Waals surface area contributed by atoms with E-state index in [1.54, 1.807) is 14.0 Å². The van der Waals surface area contributed by atoms with Crippen LogP contribution in [0, 0.1) is 6.92 Å². The van der Waals surface area contributed by atoms with Crippen molar-refractivity contribution >= 4 is 21.4 Å². The quantitative estimate of drug-likeness (QED) is 0.863. The van der Waals surface area contributed by atoms with Crippen LogP contribution in [0.2, 0.25) is 0 Å². The molecule has 0 bridgehead atoms. The van der Waals surface area contributed by atoms with Crippen LogP contribution in [0.3, 0.4) is 0 Å². The molecule has 1 aromatic heterocycles. The molecule has 0 saturated heterocycles. The summed E-state index contributed by atoms with van der Waals surface area (Å²) in [6, 6.07) is 0.657. The highest BCUT2D eigenvalue weighted by Gasteiger charge is 2.39. The number of rotatable bonds is 6. The van der Waals surface area contributed by atoms with E-state index in [1.165, 1.54) is 19.9 Å². The summed E-state index contributed by atoms with van der Waals surface area (Å²) in [5.74, 6) is 0. The molecule has 4 nitrogen and oxygen atoms in total. The molecule has 0 aromatic carbocycles. The second kappa shape index (κ2) is 6.64. The molecule has 1 rings (SSSR count). The fraction of sp³-hybridized carbons (Fsp3) is 0.667. The number of thiophene rings is 1. The number of hydrogen-bond acceptors (Lipinski definition) is 4. The topological polar surface area (TPSA) is 49.4 Å². The summed E-state index contributed by atoms with van der Waals surface area (Å²) in [6.07, 6.45) is -4.57. The minimum absolute atomic E-state index is 0.0526. The van der Waals surface area contributed by atoms with Gasteiger partial charge >= 0.3 is 6.18 Å². The van der Waals surface area contributed by atoms with Gasteiger partial charge in [-0.3, -0.25) is 0 Å². The van der Waals surface area contributed by atoms with Crippen molar-refractivity contribution in [1.82, 2.24) is 9.62 Å². The molecule has 0 atom stereocenters. The number of sulfonamides is 1. The lowest BCUT2D eigenvalue weighted by atomic mass is 10.3. The molecular formula is C12H19F3N2O2S2. The Labute approximate surface area is 127 Å². The van der Waals surface area contributed by atoms with Gasteiger partial charge in [0, 0.05) is 17.5 Å². The standard InChI is InChI=1S/C12H19F3N2O2S2/c1-8(2)17(7-12(13,14)15)21(18,19)11-5-9(3)10(20-11)6-16-4/h5,8,16H,6-7H2,1-4H3. The summed E-state index contributed by atoms with van der Waals surface area (Å²) < 4.78 is 63.1. The summed E-state index contributed by atoms with van der Waals surface area (Å²) in [4.78, 5) is 0.798. The summed E-state index contributed by atoms with van der Waals surface area (Å²) in [7, 11) is -2.43. The van der Waals surface area contributed by atoms with E-state index in [0.29, 0.717) is 10.8 Å². The zero-order chi connectivity index (χ0) is 16.4. The van der Waals surface area contributed by atoms with Gasteiger partial charge in [-0.1, -0.05) is 0 Å². The minimum Gasteiger partial charge on any atom is -0.315 e. The molecule has 1 heterocycles. The van der Waals surface area contributed by atoms with Crippen LogP contribution in [-0.4, -0.2) is 38.5 Å². The molecule has 0 spiro atoms. The van der Waals surface area contributed by atoms with Crippen molar-refractivity contribution in [3.63, 3.8) is 0 Å². The van der Waals surface area contributed by atoms with E-state index in [2.05, 4.69) is 5.32 Å². The van der Waals surface area contributed by atoms with E-state index in [9.17, 15) is 21.6 Å². The Hall–Kier alpha value is -0.640. The molecule has 9 heteroatoms. The van der Waals surface area contributed by atoms with Crippen LogP contribution in [0.5, 0.6) is 0 Å². The Morgan fingerprint density at radius 1 is 1.38 bits per heavy atom. The Bertz CT molecular complexity index is 580. The molecule has 0 radical (unpaired) electrons. The van der Waals surface area contributed by atoms with Gasteiger partial charge in [0.25, 0.3) is 10.0 Å². The highest BCUT2D eigenvalue weighted by molar-refractivity contribution is 7.91. The van der Waals surface area contributed by atoms with Crippen LogP contribution < -0.4 is 5.32 Å². The van der Waals surface area contributed by atoms with E-state index in [0.717, 1.165) is 21.8 Å². The largest absolute Gasteiger partial charge is 0.402 e. The van der Waals surface area contributed by atoms with Gasteiger partial charge in [0.1, 0.15) is 10.8 Å². The van der Waals surface area contributed by atoms with Gasteiger partial charge in [-0.25, -0.2) is 8.42 Å². The van der Waals surface area contributed by atoms with Gasteiger partial charge < -0.3 is 5.32 Å². The first kappa shape index (κ1) is 18.4. The van der Waals surface area contributed by atoms with Gasteiger partial charge in [0.05, 0.1) is 0 Å². The number of hydrogen-bond donors (Lipinski definition) is 1. The third kappa shape index (κ3) is 4.67. The lowest BCUT2D eigenvalue weighted by Crippen LogP contribution is -2.42. The van der Waals surface area contributed by atoms with Crippen molar-refractivity contribution in [2.75, 3.05) is 13.6 Å². The normalized spacial score (nSPS) is 13.4. The maximum absolute atomic E-state index is 12.6. The maximum atomic E-state index is 12.6. The maximum Gasteiger partial charge on any atom is 0.402 e. The molecule has 0 saturated carbocycles. The summed E-state index contributed by atoms with van der Waals surface area (Å²) in [5.41, 5.74) is 0.753. The molecule has 1 N–H and O–H groups in total. The third-order valence-electron chi connectivity index (χ3n) is 2.81. The van der Waals surface area contributed by atoms with Crippen molar-refractivity contribution < 1.29 is 21.6 Å². The molecule has 0 aliphatic heterocycles. The zero-order valence-corrected chi connectivity index (χ0v) is 13.9. The molecule has 0 fully saturated rings. The van der Waals surface area contributed by atoms with Gasteiger partial charge in [0.2, 0.25) is 0 Å². The first-order chi connectivity index (χ1) is 9.49. The number of nitrogens with one attached hydrogen (secondary N) is 1. The van der Waals surface area contributed by atoms with Gasteiger partial charge in [-0.2, -0.15) is 17.5 Å². The highest BCUT2D eigenvalue weighted by Crippen LogP contribution is 2.31. The number of nitrogens with zero attached hydrogens (tertiary/aromatic N) is 1. The fourth-order valence-electron chi connectivity index (χ4n) is 1.79. The lowest BCUT2D eigenvalue weighted by Gasteiger charge is -2.26. The van der Waals surface area contributed by atoms with E-state index >= 15 is 0 Å². The average Bonchev–Trinajstić information content (AvgIpc) is 2.68. The summed E-state index contributed by atoms with van der Waals surface area (Å²) in [6.45, 7) is 3.60. The predicted octanol–water partition coefficient (Wildman–Crippen LogP) is 2.74. The SMILES string of the molecule is CNCc1sc(S(=O)(=O)N(CC(F)(F)F)C(C)C)cc1C. The van der Waals surface area contributed by atoms with Crippen LogP contribution >= 0.6 is 11.3 Å². The molecule has 0 aliphatic carbocycles.